The molecule has 1 unspecified atom stereocenters. The Bertz CT molecular complexity index is 2130. The molecular weight excluding hydrogens is 683 g/mol. The number of rotatable bonds is 8. The van der Waals surface area contributed by atoms with Crippen LogP contribution in [0.15, 0.2) is 53.6 Å². The van der Waals surface area contributed by atoms with Gasteiger partial charge in [0, 0.05) is 75.0 Å². The van der Waals surface area contributed by atoms with Crippen molar-refractivity contribution in [1.29, 1.82) is 0 Å². The fourth-order valence-electron chi connectivity index (χ4n) is 9.02. The van der Waals surface area contributed by atoms with Crippen molar-refractivity contribution in [3.05, 3.63) is 75.8 Å². The first kappa shape index (κ1) is 35.8. The maximum atomic E-state index is 13.6. The zero-order valence-corrected chi connectivity index (χ0v) is 31.4. The van der Waals surface area contributed by atoms with E-state index in [1.165, 1.54) is 12.6 Å². The van der Waals surface area contributed by atoms with Crippen LogP contribution in [-0.4, -0.2) is 87.3 Å². The molecular formula is C41H49N9O4. The monoisotopic (exact) mass is 731 g/mol. The summed E-state index contributed by atoms with van der Waals surface area (Å²) in [5, 5.41) is 6.46. The highest BCUT2D eigenvalue weighted by atomic mass is 16.2. The summed E-state index contributed by atoms with van der Waals surface area (Å²) in [5.74, 6) is 0.353. The quantitative estimate of drug-likeness (QED) is 0.186. The number of nitrogens with one attached hydrogen (secondary N) is 2. The molecule has 2 amide bonds. The molecule has 1 aliphatic carbocycles. The number of hydrogen-bond acceptors (Lipinski definition) is 11. The standard InChI is InChI=1S/C41H49N9O4/c1-26-33-25-43-40(46-37(33)50(31-6-4-5-7-31)38(53)36(26)27(2)51)44-34-13-12-32(24-42-34)47-18-15-30(16-19-47)49-22-20-48(21-23-49)29-10-8-28(9-11-29)41(3)17-14-35(52)45-39(41)54/h8-13,24-25,30-31H,4-7,14-23H2,1-3H3,(H,45,52,54)(H,42,43,44,46). The van der Waals surface area contributed by atoms with Gasteiger partial charge in [-0.05, 0) is 88.3 Å². The Balaban J connectivity index is 0.859. The second-order valence-electron chi connectivity index (χ2n) is 15.6. The van der Waals surface area contributed by atoms with E-state index in [4.69, 9.17) is 9.97 Å². The van der Waals surface area contributed by atoms with E-state index in [0.29, 0.717) is 41.9 Å². The maximum absolute atomic E-state index is 13.6. The number of anilines is 4. The zero-order valence-electron chi connectivity index (χ0n) is 31.4. The third-order valence-corrected chi connectivity index (χ3v) is 12.4. The first-order valence-electron chi connectivity index (χ1n) is 19.4. The van der Waals surface area contributed by atoms with Crippen molar-refractivity contribution in [2.24, 2.45) is 0 Å². The molecule has 13 heteroatoms. The minimum absolute atomic E-state index is 0.0228. The van der Waals surface area contributed by atoms with Crippen LogP contribution in [0, 0.1) is 6.92 Å². The molecule has 1 aromatic carbocycles. The van der Waals surface area contributed by atoms with Gasteiger partial charge in [0.2, 0.25) is 17.8 Å². The van der Waals surface area contributed by atoms with E-state index in [9.17, 15) is 19.2 Å². The van der Waals surface area contributed by atoms with Gasteiger partial charge in [0.25, 0.3) is 5.56 Å². The van der Waals surface area contributed by atoms with Gasteiger partial charge < -0.3 is 15.1 Å². The number of piperazine rings is 1. The number of nitrogens with zero attached hydrogens (tertiary/aromatic N) is 7. The van der Waals surface area contributed by atoms with Crippen LogP contribution in [0.3, 0.4) is 0 Å². The number of hydrogen-bond donors (Lipinski definition) is 2. The van der Waals surface area contributed by atoms with Crippen molar-refractivity contribution >= 4 is 51.8 Å². The molecule has 4 aromatic rings. The van der Waals surface area contributed by atoms with Crippen molar-refractivity contribution in [3.63, 3.8) is 0 Å². The average Bonchev–Trinajstić information content (AvgIpc) is 3.71. The molecule has 8 rings (SSSR count). The second kappa shape index (κ2) is 14.6. The predicted octanol–water partition coefficient (Wildman–Crippen LogP) is 5.04. The number of carbonyl (C=O) groups excluding carboxylic acids is 3. The van der Waals surface area contributed by atoms with E-state index in [-0.39, 0.29) is 34.8 Å². The van der Waals surface area contributed by atoms with Crippen molar-refractivity contribution < 1.29 is 14.4 Å². The lowest BCUT2D eigenvalue weighted by molar-refractivity contribution is -0.137. The molecule has 0 radical (unpaired) electrons. The van der Waals surface area contributed by atoms with E-state index in [2.05, 4.69) is 48.5 Å². The van der Waals surface area contributed by atoms with Crippen LogP contribution >= 0.6 is 0 Å². The summed E-state index contributed by atoms with van der Waals surface area (Å²) in [6, 6.07) is 12.9. The summed E-state index contributed by atoms with van der Waals surface area (Å²) < 4.78 is 1.73. The van der Waals surface area contributed by atoms with Gasteiger partial charge in [-0.1, -0.05) is 25.0 Å². The molecule has 282 valence electrons. The Morgan fingerprint density at radius 1 is 0.833 bits per heavy atom. The summed E-state index contributed by atoms with van der Waals surface area (Å²) in [7, 11) is 0. The second-order valence-corrected chi connectivity index (χ2v) is 15.6. The number of aryl methyl sites for hydroxylation is 1. The fourth-order valence-corrected chi connectivity index (χ4v) is 9.02. The minimum Gasteiger partial charge on any atom is -0.370 e. The summed E-state index contributed by atoms with van der Waals surface area (Å²) >= 11 is 0. The molecule has 0 bridgehead atoms. The molecule has 4 fully saturated rings. The number of carbonyl (C=O) groups is 3. The summed E-state index contributed by atoms with van der Waals surface area (Å²) in [5.41, 5.74) is 3.69. The van der Waals surface area contributed by atoms with Crippen molar-refractivity contribution in [1.82, 2.24) is 29.7 Å². The molecule has 3 saturated heterocycles. The Morgan fingerprint density at radius 3 is 2.17 bits per heavy atom. The van der Waals surface area contributed by atoms with Crippen molar-refractivity contribution in [3.8, 4) is 0 Å². The lowest BCUT2D eigenvalue weighted by Crippen LogP contribution is -2.53. The van der Waals surface area contributed by atoms with Gasteiger partial charge >= 0.3 is 0 Å². The Kier molecular flexibility index (Phi) is 9.67. The number of piperidine rings is 2. The van der Waals surface area contributed by atoms with Gasteiger partial charge in [-0.15, -0.1) is 0 Å². The first-order valence-corrected chi connectivity index (χ1v) is 19.4. The van der Waals surface area contributed by atoms with E-state index >= 15 is 0 Å². The summed E-state index contributed by atoms with van der Waals surface area (Å²) in [6.45, 7) is 11.1. The van der Waals surface area contributed by atoms with Gasteiger partial charge in [-0.3, -0.25) is 34.0 Å². The van der Waals surface area contributed by atoms with Gasteiger partial charge in [-0.25, -0.2) is 9.97 Å². The Labute approximate surface area is 315 Å². The van der Waals surface area contributed by atoms with Crippen LogP contribution in [0.4, 0.5) is 23.1 Å². The van der Waals surface area contributed by atoms with Crippen LogP contribution < -0.4 is 26.0 Å². The van der Waals surface area contributed by atoms with Crippen LogP contribution in [0.1, 0.15) is 92.7 Å². The topological polar surface area (TPSA) is 146 Å². The number of aromatic nitrogens is 4. The minimum atomic E-state index is -0.673. The van der Waals surface area contributed by atoms with Crippen LogP contribution in [0.25, 0.3) is 11.0 Å². The predicted molar refractivity (Wildman–Crippen MR) is 209 cm³/mol. The largest absolute Gasteiger partial charge is 0.370 e. The molecule has 3 aliphatic heterocycles. The number of pyridine rings is 2. The fraction of sp³-hybridized carbons (Fsp3) is 0.488. The number of amides is 2. The average molecular weight is 732 g/mol. The highest BCUT2D eigenvalue weighted by molar-refractivity contribution is 6.03. The molecule has 13 nitrogen and oxygen atoms in total. The van der Waals surface area contributed by atoms with Crippen LogP contribution in [-0.2, 0) is 15.0 Å². The lowest BCUT2D eigenvalue weighted by atomic mass is 9.75. The molecule has 0 spiro atoms. The van der Waals surface area contributed by atoms with E-state index in [1.807, 2.05) is 31.3 Å². The van der Waals surface area contributed by atoms with E-state index in [0.717, 1.165) is 94.4 Å². The van der Waals surface area contributed by atoms with Gasteiger partial charge in [0.05, 0.1) is 22.9 Å². The molecule has 3 aromatic heterocycles. The zero-order chi connectivity index (χ0) is 37.6. The molecule has 4 aliphatic rings. The van der Waals surface area contributed by atoms with E-state index < -0.39 is 5.41 Å². The van der Waals surface area contributed by atoms with Gasteiger partial charge in [-0.2, -0.15) is 4.98 Å². The number of benzene rings is 1. The summed E-state index contributed by atoms with van der Waals surface area (Å²) in [4.78, 5) is 71.8. The SMILES string of the molecule is CC(=O)c1c(C)c2cnc(Nc3ccc(N4CCC(N5CCN(c6ccc(C7(C)CCC(=O)NC7=O)cc6)CC5)CC4)cn3)nc2n(C2CCCC2)c1=O. The molecule has 1 saturated carbocycles. The normalized spacial score (nSPS) is 21.8. The van der Waals surface area contributed by atoms with Crippen LogP contribution in [0.5, 0.6) is 0 Å². The van der Waals surface area contributed by atoms with Crippen molar-refractivity contribution in [2.75, 3.05) is 54.4 Å². The van der Waals surface area contributed by atoms with Gasteiger partial charge in [0.1, 0.15) is 11.5 Å². The third-order valence-electron chi connectivity index (χ3n) is 12.4. The highest BCUT2D eigenvalue weighted by Gasteiger charge is 2.40. The maximum Gasteiger partial charge on any atom is 0.263 e. The molecule has 2 N–H and O–H groups in total. The first-order chi connectivity index (χ1) is 26.1. The van der Waals surface area contributed by atoms with Crippen molar-refractivity contribution in [2.45, 2.75) is 89.6 Å². The molecule has 1 atom stereocenters. The van der Waals surface area contributed by atoms with E-state index in [1.54, 1.807) is 17.7 Å². The highest BCUT2D eigenvalue weighted by Crippen LogP contribution is 2.35. The number of fused-ring (bicyclic) bond motifs is 1. The Hall–Kier alpha value is -5.17. The third kappa shape index (κ3) is 6.74. The number of ketones is 1. The van der Waals surface area contributed by atoms with Crippen LogP contribution in [0.2, 0.25) is 0 Å². The molecule has 54 heavy (non-hydrogen) atoms. The smallest absolute Gasteiger partial charge is 0.263 e. The molecule has 6 heterocycles. The lowest BCUT2D eigenvalue weighted by Gasteiger charge is -2.44. The Morgan fingerprint density at radius 2 is 1.52 bits per heavy atom. The summed E-state index contributed by atoms with van der Waals surface area (Å²) in [6.07, 6.45) is 10.6. The number of imide groups is 1. The van der Waals surface area contributed by atoms with Gasteiger partial charge in [0.15, 0.2) is 5.78 Å². The number of Topliss-reactive ketones (excluding diaryl/α,β-unsaturated/α-hetero) is 1.